The van der Waals surface area contributed by atoms with Crippen molar-refractivity contribution in [2.75, 3.05) is 0 Å². The third kappa shape index (κ3) is 2.61. The molecular formula is C12H15N3OS. The number of ketones is 1. The molecule has 2 rings (SSSR count). The number of aryl methyl sites for hydroxylation is 3. The van der Waals surface area contributed by atoms with Crippen LogP contribution in [-0.4, -0.2) is 20.5 Å². The lowest BCUT2D eigenvalue weighted by Crippen LogP contribution is -2.08. The van der Waals surface area contributed by atoms with Gasteiger partial charge >= 0.3 is 0 Å². The Labute approximate surface area is 104 Å². The lowest BCUT2D eigenvalue weighted by molar-refractivity contribution is 0.0994. The first-order valence-corrected chi connectivity index (χ1v) is 6.40. The predicted octanol–water partition coefficient (Wildman–Crippen LogP) is 2.40. The van der Waals surface area contributed by atoms with Gasteiger partial charge in [0.2, 0.25) is 0 Å². The van der Waals surface area contributed by atoms with Crippen LogP contribution < -0.4 is 0 Å². The molecule has 4 nitrogen and oxygen atoms in total. The molecule has 0 atom stereocenters. The number of hydrogen-bond donors (Lipinski definition) is 0. The quantitative estimate of drug-likeness (QED) is 0.782. The molecule has 0 unspecified atom stereocenters. The first-order chi connectivity index (χ1) is 8.10. The molecule has 0 saturated carbocycles. The predicted molar refractivity (Wildman–Crippen MR) is 67.5 cm³/mol. The van der Waals surface area contributed by atoms with Crippen molar-refractivity contribution in [2.24, 2.45) is 0 Å². The minimum Gasteiger partial charge on any atom is -0.293 e. The molecule has 2 heterocycles. The van der Waals surface area contributed by atoms with Crippen molar-refractivity contribution in [1.82, 2.24) is 14.8 Å². The van der Waals surface area contributed by atoms with Crippen molar-refractivity contribution in [1.29, 1.82) is 0 Å². The van der Waals surface area contributed by atoms with Crippen LogP contribution >= 0.6 is 11.3 Å². The Hall–Kier alpha value is -1.49. The molecule has 2 aromatic rings. The second-order valence-corrected chi connectivity index (χ2v) is 5.17. The molecule has 0 radical (unpaired) electrons. The maximum atomic E-state index is 12.0. The van der Waals surface area contributed by atoms with Crippen molar-refractivity contribution in [3.8, 4) is 0 Å². The smallest absolute Gasteiger partial charge is 0.180 e. The highest BCUT2D eigenvalue weighted by atomic mass is 32.1. The average molecular weight is 249 g/mol. The average Bonchev–Trinajstić information content (AvgIpc) is 2.85. The van der Waals surface area contributed by atoms with Gasteiger partial charge in [0, 0.05) is 18.4 Å². The molecule has 0 aliphatic rings. The largest absolute Gasteiger partial charge is 0.293 e. The van der Waals surface area contributed by atoms with Crippen LogP contribution in [0.5, 0.6) is 0 Å². The molecule has 17 heavy (non-hydrogen) atoms. The number of carbonyl (C=O) groups is 1. The van der Waals surface area contributed by atoms with E-state index in [0.717, 1.165) is 27.8 Å². The highest BCUT2D eigenvalue weighted by molar-refractivity contribution is 7.13. The molecule has 0 aliphatic heterocycles. The Morgan fingerprint density at radius 3 is 2.82 bits per heavy atom. The summed E-state index contributed by atoms with van der Waals surface area (Å²) in [5, 5.41) is 5.26. The molecule has 0 aromatic carbocycles. The summed E-state index contributed by atoms with van der Waals surface area (Å²) in [6.45, 7) is 6.66. The zero-order valence-electron chi connectivity index (χ0n) is 10.2. The molecule has 0 amide bonds. The van der Waals surface area contributed by atoms with Crippen molar-refractivity contribution in [3.63, 3.8) is 0 Å². The first-order valence-electron chi connectivity index (χ1n) is 5.59. The van der Waals surface area contributed by atoms with Crippen LogP contribution in [0.2, 0.25) is 0 Å². The summed E-state index contributed by atoms with van der Waals surface area (Å²) in [4.78, 5) is 16.9. The van der Waals surface area contributed by atoms with E-state index in [9.17, 15) is 4.79 Å². The summed E-state index contributed by atoms with van der Waals surface area (Å²) >= 11 is 1.45. The summed E-state index contributed by atoms with van der Waals surface area (Å²) in [5.74, 6) is 0.116. The van der Waals surface area contributed by atoms with Gasteiger partial charge in [0.1, 0.15) is 0 Å². The third-order valence-corrected chi connectivity index (χ3v) is 3.48. The molecule has 90 valence electrons. The normalized spacial score (nSPS) is 10.8. The number of thiazole rings is 1. The zero-order valence-corrected chi connectivity index (χ0v) is 11.0. The number of Topliss-reactive ketones (excluding diaryl/α,β-unsaturated/α-hetero) is 1. The van der Waals surface area contributed by atoms with Crippen LogP contribution in [0.4, 0.5) is 0 Å². The first kappa shape index (κ1) is 12.0. The van der Waals surface area contributed by atoms with Crippen LogP contribution in [0.25, 0.3) is 0 Å². The van der Waals surface area contributed by atoms with Gasteiger partial charge in [-0.1, -0.05) is 0 Å². The fourth-order valence-corrected chi connectivity index (χ4v) is 2.47. The monoisotopic (exact) mass is 249 g/mol. The van der Waals surface area contributed by atoms with Gasteiger partial charge in [0.05, 0.1) is 22.0 Å². The Balaban J connectivity index is 2.18. The molecule has 0 N–H and O–H groups in total. The van der Waals surface area contributed by atoms with Crippen LogP contribution in [0.3, 0.4) is 0 Å². The topological polar surface area (TPSA) is 47.8 Å². The second kappa shape index (κ2) is 4.79. The van der Waals surface area contributed by atoms with Gasteiger partial charge in [-0.2, -0.15) is 5.10 Å². The van der Waals surface area contributed by atoms with Crippen molar-refractivity contribution in [2.45, 2.75) is 33.7 Å². The minimum absolute atomic E-state index is 0.116. The Kier molecular flexibility index (Phi) is 3.38. The van der Waals surface area contributed by atoms with Crippen molar-refractivity contribution >= 4 is 17.1 Å². The van der Waals surface area contributed by atoms with E-state index in [2.05, 4.69) is 10.1 Å². The highest BCUT2D eigenvalue weighted by Gasteiger charge is 2.13. The highest BCUT2D eigenvalue weighted by Crippen LogP contribution is 2.15. The Morgan fingerprint density at radius 1 is 1.47 bits per heavy atom. The molecular weight excluding hydrogens is 234 g/mol. The fourth-order valence-electron chi connectivity index (χ4n) is 1.76. The van der Waals surface area contributed by atoms with E-state index in [0.29, 0.717) is 6.42 Å². The van der Waals surface area contributed by atoms with Gasteiger partial charge in [-0.3, -0.25) is 9.48 Å². The second-order valence-electron chi connectivity index (χ2n) is 3.94. The molecule has 5 heteroatoms. The lowest BCUT2D eigenvalue weighted by Gasteiger charge is -2.02. The number of carbonyl (C=O) groups excluding carboxylic acids is 1. The van der Waals surface area contributed by atoms with E-state index in [1.807, 2.05) is 31.5 Å². The van der Waals surface area contributed by atoms with Gasteiger partial charge in [0.15, 0.2) is 5.78 Å². The maximum Gasteiger partial charge on any atom is 0.180 e. The maximum absolute atomic E-state index is 12.0. The molecule has 0 saturated heterocycles. The lowest BCUT2D eigenvalue weighted by atomic mass is 10.2. The number of rotatable bonds is 4. The van der Waals surface area contributed by atoms with E-state index in [1.165, 1.54) is 11.3 Å². The zero-order chi connectivity index (χ0) is 12.4. The molecule has 0 aliphatic carbocycles. The van der Waals surface area contributed by atoms with Gasteiger partial charge in [-0.25, -0.2) is 4.98 Å². The molecule has 2 aromatic heterocycles. The van der Waals surface area contributed by atoms with Crippen LogP contribution in [-0.2, 0) is 13.0 Å². The standard InChI is InChI=1S/C12H15N3OS/c1-4-15-10(5-8(2)14-15)6-11(16)12-7-13-9(3)17-12/h5,7H,4,6H2,1-3H3. The SMILES string of the molecule is CCn1nc(C)cc1CC(=O)c1cnc(C)s1. The summed E-state index contributed by atoms with van der Waals surface area (Å²) in [7, 11) is 0. The van der Waals surface area contributed by atoms with Crippen LogP contribution in [0, 0.1) is 13.8 Å². The minimum atomic E-state index is 0.116. The fraction of sp³-hybridized carbons (Fsp3) is 0.417. The van der Waals surface area contributed by atoms with E-state index in [-0.39, 0.29) is 5.78 Å². The van der Waals surface area contributed by atoms with E-state index < -0.39 is 0 Å². The van der Waals surface area contributed by atoms with Crippen molar-refractivity contribution in [3.05, 3.63) is 33.5 Å². The number of hydrogen-bond acceptors (Lipinski definition) is 4. The number of aromatic nitrogens is 3. The molecule has 0 bridgehead atoms. The molecule has 0 fully saturated rings. The summed E-state index contributed by atoms with van der Waals surface area (Å²) < 4.78 is 1.88. The summed E-state index contributed by atoms with van der Waals surface area (Å²) in [5.41, 5.74) is 1.93. The van der Waals surface area contributed by atoms with Gasteiger partial charge in [-0.05, 0) is 26.8 Å². The van der Waals surface area contributed by atoms with Gasteiger partial charge in [-0.15, -0.1) is 11.3 Å². The van der Waals surface area contributed by atoms with E-state index >= 15 is 0 Å². The van der Waals surface area contributed by atoms with E-state index in [1.54, 1.807) is 6.20 Å². The Morgan fingerprint density at radius 2 is 2.24 bits per heavy atom. The third-order valence-electron chi connectivity index (χ3n) is 2.52. The number of nitrogens with zero attached hydrogens (tertiary/aromatic N) is 3. The van der Waals surface area contributed by atoms with E-state index in [4.69, 9.17) is 0 Å². The Bertz CT molecular complexity index is 542. The summed E-state index contributed by atoms with van der Waals surface area (Å²) in [6.07, 6.45) is 2.05. The van der Waals surface area contributed by atoms with Crippen LogP contribution in [0.1, 0.15) is 33.0 Å². The van der Waals surface area contributed by atoms with Crippen molar-refractivity contribution < 1.29 is 4.79 Å². The summed E-state index contributed by atoms with van der Waals surface area (Å²) in [6, 6.07) is 1.97. The van der Waals surface area contributed by atoms with Gasteiger partial charge in [0.25, 0.3) is 0 Å². The van der Waals surface area contributed by atoms with Crippen LogP contribution in [0.15, 0.2) is 12.3 Å². The van der Waals surface area contributed by atoms with Gasteiger partial charge < -0.3 is 0 Å². The molecule has 0 spiro atoms.